The number of rotatable bonds is 2. The molecular formula is C48H26N2. The summed E-state index contributed by atoms with van der Waals surface area (Å²) >= 11 is 0. The average molecular weight is 631 g/mol. The Bertz CT molecular complexity index is 3120. The fourth-order valence-electron chi connectivity index (χ4n) is 9.05. The van der Waals surface area contributed by atoms with Gasteiger partial charge in [0.1, 0.15) is 0 Å². The largest absolute Gasteiger partial charge is 0.256 e. The van der Waals surface area contributed by atoms with Gasteiger partial charge in [0.05, 0.1) is 11.0 Å². The Balaban J connectivity index is 1.20. The van der Waals surface area contributed by atoms with E-state index in [1.165, 1.54) is 86.9 Å². The van der Waals surface area contributed by atoms with Crippen molar-refractivity contribution >= 4 is 97.2 Å². The average Bonchev–Trinajstić information content (AvgIpc) is 3.18. The molecule has 0 fully saturated rings. The van der Waals surface area contributed by atoms with Crippen molar-refractivity contribution in [3.8, 4) is 22.3 Å². The van der Waals surface area contributed by atoms with Gasteiger partial charge in [0.25, 0.3) is 0 Å². The maximum atomic E-state index is 5.10. The van der Waals surface area contributed by atoms with Crippen molar-refractivity contribution in [1.29, 1.82) is 0 Å². The molecule has 0 unspecified atom stereocenters. The molecule has 2 nitrogen and oxygen atoms in total. The standard InChI is InChI=1S/C48H26N2/c1-5-27-11-13-31-15-19-33(35-21-17-29(7-1)43(27)45(31)35)39-25-41-42(47-37(39)9-3-23-49-47)26-40(38-10-4-24-50-48(38)41)34-20-16-32-14-12-28-6-2-8-30-18-22-36(34)46(32)44(28)30/h1-26H. The van der Waals surface area contributed by atoms with Crippen LogP contribution in [0.2, 0.25) is 0 Å². The minimum Gasteiger partial charge on any atom is -0.256 e. The maximum absolute atomic E-state index is 5.10. The molecule has 2 heteroatoms. The van der Waals surface area contributed by atoms with Gasteiger partial charge in [0.15, 0.2) is 0 Å². The predicted octanol–water partition coefficient (Wildman–Crippen LogP) is 13.1. The highest BCUT2D eigenvalue weighted by Gasteiger charge is 2.20. The van der Waals surface area contributed by atoms with Gasteiger partial charge in [-0.3, -0.25) is 9.97 Å². The second kappa shape index (κ2) is 9.49. The van der Waals surface area contributed by atoms with Crippen molar-refractivity contribution in [3.63, 3.8) is 0 Å². The Morgan fingerprint density at radius 1 is 0.260 bits per heavy atom. The summed E-state index contributed by atoms with van der Waals surface area (Å²) in [5.74, 6) is 0. The van der Waals surface area contributed by atoms with Crippen LogP contribution in [-0.2, 0) is 0 Å². The van der Waals surface area contributed by atoms with Crippen molar-refractivity contribution < 1.29 is 0 Å². The van der Waals surface area contributed by atoms with Crippen LogP contribution in [0.1, 0.15) is 0 Å². The van der Waals surface area contributed by atoms with Crippen molar-refractivity contribution in [2.45, 2.75) is 0 Å². The predicted molar refractivity (Wildman–Crippen MR) is 213 cm³/mol. The molecule has 0 aliphatic heterocycles. The van der Waals surface area contributed by atoms with Gasteiger partial charge in [-0.25, -0.2) is 0 Å². The van der Waals surface area contributed by atoms with Gasteiger partial charge in [0.2, 0.25) is 0 Å². The highest BCUT2D eigenvalue weighted by molar-refractivity contribution is 6.30. The van der Waals surface area contributed by atoms with Gasteiger partial charge < -0.3 is 0 Å². The van der Waals surface area contributed by atoms with Crippen molar-refractivity contribution in [2.75, 3.05) is 0 Å². The number of nitrogens with zero attached hydrogens (tertiary/aromatic N) is 2. The first-order valence-electron chi connectivity index (χ1n) is 17.2. The second-order valence-electron chi connectivity index (χ2n) is 13.7. The van der Waals surface area contributed by atoms with Gasteiger partial charge in [-0.2, -0.15) is 0 Å². The van der Waals surface area contributed by atoms with Crippen LogP contribution in [0.5, 0.6) is 0 Å². The summed E-state index contributed by atoms with van der Waals surface area (Å²) in [6.45, 7) is 0. The van der Waals surface area contributed by atoms with E-state index in [2.05, 4.69) is 146 Å². The summed E-state index contributed by atoms with van der Waals surface area (Å²) in [6.07, 6.45) is 3.85. The number of hydrogen-bond acceptors (Lipinski definition) is 2. The minimum absolute atomic E-state index is 0.997. The summed E-state index contributed by atoms with van der Waals surface area (Å²) < 4.78 is 0. The van der Waals surface area contributed by atoms with E-state index in [-0.39, 0.29) is 0 Å². The van der Waals surface area contributed by atoms with E-state index >= 15 is 0 Å². The third-order valence-electron chi connectivity index (χ3n) is 11.2. The second-order valence-corrected chi connectivity index (χ2v) is 13.7. The zero-order chi connectivity index (χ0) is 32.5. The zero-order valence-electron chi connectivity index (χ0n) is 26.9. The van der Waals surface area contributed by atoms with Crippen LogP contribution in [0.15, 0.2) is 158 Å². The van der Waals surface area contributed by atoms with E-state index in [4.69, 9.17) is 9.97 Å². The molecular weight excluding hydrogens is 605 g/mol. The molecule has 0 saturated carbocycles. The molecule has 50 heavy (non-hydrogen) atoms. The van der Waals surface area contributed by atoms with Gasteiger partial charge >= 0.3 is 0 Å². The summed E-state index contributed by atoms with van der Waals surface area (Å²) in [7, 11) is 0. The Morgan fingerprint density at radius 3 is 1.08 bits per heavy atom. The lowest BCUT2D eigenvalue weighted by Gasteiger charge is -2.18. The topological polar surface area (TPSA) is 25.8 Å². The fourth-order valence-corrected chi connectivity index (χ4v) is 9.05. The Kier molecular flexibility index (Phi) is 5.00. The Hall–Kier alpha value is -6.64. The summed E-state index contributed by atoms with van der Waals surface area (Å²) in [6, 6.07) is 53.8. The number of fused-ring (bicyclic) bond motifs is 5. The lowest BCUT2D eigenvalue weighted by molar-refractivity contribution is 1.41. The number of hydrogen-bond donors (Lipinski definition) is 0. The lowest BCUT2D eigenvalue weighted by atomic mass is 9.85. The zero-order valence-corrected chi connectivity index (χ0v) is 26.9. The smallest absolute Gasteiger partial charge is 0.0787 e. The molecule has 0 N–H and O–H groups in total. The highest BCUT2D eigenvalue weighted by atomic mass is 14.7. The molecule has 0 radical (unpaired) electrons. The Labute approximate surface area is 286 Å². The normalized spacial score (nSPS) is 12.4. The summed E-state index contributed by atoms with van der Waals surface area (Å²) in [5, 5.41) is 20.0. The first-order valence-corrected chi connectivity index (χ1v) is 17.2. The third kappa shape index (κ3) is 3.37. The molecule has 0 aliphatic carbocycles. The number of aromatic nitrogens is 2. The molecule has 2 aromatic heterocycles. The molecule has 228 valence electrons. The monoisotopic (exact) mass is 630 g/mol. The minimum atomic E-state index is 0.997. The highest BCUT2D eigenvalue weighted by Crippen LogP contribution is 2.46. The van der Waals surface area contributed by atoms with Crippen LogP contribution in [0, 0.1) is 0 Å². The number of pyridine rings is 2. The molecule has 12 aromatic rings. The molecule has 0 bridgehead atoms. The lowest BCUT2D eigenvalue weighted by Crippen LogP contribution is -1.93. The van der Waals surface area contributed by atoms with E-state index in [9.17, 15) is 0 Å². The number of benzene rings is 10. The van der Waals surface area contributed by atoms with Crippen molar-refractivity contribution in [1.82, 2.24) is 9.97 Å². The van der Waals surface area contributed by atoms with Crippen LogP contribution in [0.25, 0.3) is 119 Å². The first kappa shape index (κ1) is 26.3. The molecule has 2 heterocycles. The van der Waals surface area contributed by atoms with E-state index in [0.717, 1.165) is 32.6 Å². The molecule has 0 spiro atoms. The van der Waals surface area contributed by atoms with Gasteiger partial charge in [0, 0.05) is 33.9 Å². The first-order chi connectivity index (χ1) is 24.8. The van der Waals surface area contributed by atoms with Crippen molar-refractivity contribution in [2.24, 2.45) is 0 Å². The Morgan fingerprint density at radius 2 is 0.640 bits per heavy atom. The summed E-state index contributed by atoms with van der Waals surface area (Å²) in [5.41, 5.74) is 6.79. The van der Waals surface area contributed by atoms with E-state index < -0.39 is 0 Å². The van der Waals surface area contributed by atoms with Gasteiger partial charge in [-0.1, -0.05) is 121 Å². The van der Waals surface area contributed by atoms with Crippen LogP contribution in [0.3, 0.4) is 0 Å². The molecule has 0 aliphatic rings. The van der Waals surface area contributed by atoms with E-state index in [1.807, 2.05) is 12.4 Å². The van der Waals surface area contributed by atoms with Crippen molar-refractivity contribution in [3.05, 3.63) is 158 Å². The molecule has 0 saturated heterocycles. The SMILES string of the molecule is c1cc2ccc3ccc(-c4cc5c(cc(-c6ccc7ccc8cccc9ccc6c7c89)c6cccnc65)c5ncccc45)c4ccc(c1)c2c34. The fraction of sp³-hybridized carbons (Fsp3) is 0. The van der Waals surface area contributed by atoms with Crippen LogP contribution in [-0.4, -0.2) is 9.97 Å². The van der Waals surface area contributed by atoms with Crippen LogP contribution >= 0.6 is 0 Å². The maximum Gasteiger partial charge on any atom is 0.0787 e. The van der Waals surface area contributed by atoms with E-state index in [0.29, 0.717) is 0 Å². The third-order valence-corrected chi connectivity index (χ3v) is 11.2. The molecule has 0 amide bonds. The van der Waals surface area contributed by atoms with Gasteiger partial charge in [-0.15, -0.1) is 0 Å². The summed E-state index contributed by atoms with van der Waals surface area (Å²) in [4.78, 5) is 10.2. The van der Waals surface area contributed by atoms with Gasteiger partial charge in [-0.05, 0) is 111 Å². The molecule has 12 rings (SSSR count). The van der Waals surface area contributed by atoms with Crippen LogP contribution in [0.4, 0.5) is 0 Å². The molecule has 10 aromatic carbocycles. The van der Waals surface area contributed by atoms with E-state index in [1.54, 1.807) is 0 Å². The molecule has 0 atom stereocenters. The van der Waals surface area contributed by atoms with Crippen LogP contribution < -0.4 is 0 Å². The quantitative estimate of drug-likeness (QED) is 0.178.